The standard InChI is InChI=1S/C16H25N3O6S/c1-9(20)18-10(14(23)17-7-13(22)25-5)8-26-11-6-12(21)19(15(11)24)16(2,3)4/h10-11H,6-8H2,1-5H3,(H,17,23)(H,18,20)/t10-,11?/m0/s1. The second kappa shape index (κ2) is 9.02. The molecule has 0 spiro atoms. The van der Waals surface area contributed by atoms with Gasteiger partial charge in [-0.2, -0.15) is 0 Å². The number of hydrogen-bond donors (Lipinski definition) is 2. The lowest BCUT2D eigenvalue weighted by Crippen LogP contribution is -2.49. The molecule has 1 aliphatic rings. The molecule has 1 unspecified atom stereocenters. The minimum absolute atomic E-state index is 0.0529. The van der Waals surface area contributed by atoms with Gasteiger partial charge in [-0.25, -0.2) is 0 Å². The van der Waals surface area contributed by atoms with Gasteiger partial charge < -0.3 is 15.4 Å². The van der Waals surface area contributed by atoms with Crippen LogP contribution in [0.2, 0.25) is 0 Å². The van der Waals surface area contributed by atoms with Crippen LogP contribution < -0.4 is 10.6 Å². The van der Waals surface area contributed by atoms with Crippen molar-refractivity contribution in [2.24, 2.45) is 0 Å². The Morgan fingerprint density at radius 2 is 1.92 bits per heavy atom. The SMILES string of the molecule is COC(=O)CNC(=O)[C@H](CSC1CC(=O)N(C(C)(C)C)C1=O)NC(C)=O. The maximum absolute atomic E-state index is 12.5. The Morgan fingerprint density at radius 3 is 2.38 bits per heavy atom. The number of carbonyl (C=O) groups is 5. The normalized spacial score (nSPS) is 18.5. The van der Waals surface area contributed by atoms with E-state index < -0.39 is 34.6 Å². The van der Waals surface area contributed by atoms with Crippen LogP contribution in [-0.4, -0.2) is 70.7 Å². The quantitative estimate of drug-likeness (QED) is 0.443. The molecule has 0 aliphatic carbocycles. The molecule has 4 amide bonds. The van der Waals surface area contributed by atoms with Gasteiger partial charge in [-0.1, -0.05) is 0 Å². The zero-order valence-corrected chi connectivity index (χ0v) is 16.4. The number of methoxy groups -OCH3 is 1. The molecular formula is C16H25N3O6S. The van der Waals surface area contributed by atoms with Gasteiger partial charge in [-0.3, -0.25) is 28.9 Å². The van der Waals surface area contributed by atoms with Crippen LogP contribution in [0.25, 0.3) is 0 Å². The summed E-state index contributed by atoms with van der Waals surface area (Å²) >= 11 is 1.13. The average molecular weight is 387 g/mol. The van der Waals surface area contributed by atoms with Crippen LogP contribution >= 0.6 is 11.8 Å². The Morgan fingerprint density at radius 1 is 1.31 bits per heavy atom. The molecule has 1 rings (SSSR count). The highest BCUT2D eigenvalue weighted by atomic mass is 32.2. The lowest BCUT2D eigenvalue weighted by molar-refractivity contribution is -0.143. The lowest BCUT2D eigenvalue weighted by Gasteiger charge is -2.30. The third-order valence-corrected chi connectivity index (χ3v) is 4.87. The third kappa shape index (κ3) is 6.01. The number of likely N-dealkylation sites (tertiary alicyclic amines) is 1. The van der Waals surface area contributed by atoms with E-state index >= 15 is 0 Å². The molecule has 2 N–H and O–H groups in total. The lowest BCUT2D eigenvalue weighted by atomic mass is 10.1. The van der Waals surface area contributed by atoms with E-state index in [-0.39, 0.29) is 30.5 Å². The van der Waals surface area contributed by atoms with Crippen LogP contribution in [0.3, 0.4) is 0 Å². The number of carbonyl (C=O) groups excluding carboxylic acids is 5. The fourth-order valence-corrected chi connectivity index (χ4v) is 3.60. The van der Waals surface area contributed by atoms with Crippen molar-refractivity contribution >= 4 is 41.4 Å². The van der Waals surface area contributed by atoms with E-state index in [1.807, 2.05) is 0 Å². The van der Waals surface area contributed by atoms with Crippen LogP contribution in [0.4, 0.5) is 0 Å². The van der Waals surface area contributed by atoms with Gasteiger partial charge in [-0.15, -0.1) is 11.8 Å². The number of thioether (sulfide) groups is 1. The molecule has 0 aromatic carbocycles. The van der Waals surface area contributed by atoms with Crippen LogP contribution in [0, 0.1) is 0 Å². The van der Waals surface area contributed by atoms with Crippen molar-refractivity contribution in [2.45, 2.75) is 50.9 Å². The van der Waals surface area contributed by atoms with E-state index in [2.05, 4.69) is 15.4 Å². The van der Waals surface area contributed by atoms with E-state index in [9.17, 15) is 24.0 Å². The zero-order valence-electron chi connectivity index (χ0n) is 15.6. The van der Waals surface area contributed by atoms with Gasteiger partial charge in [0, 0.05) is 24.6 Å². The first-order valence-electron chi connectivity index (χ1n) is 8.07. The number of hydrogen-bond acceptors (Lipinski definition) is 7. The second-order valence-electron chi connectivity index (χ2n) is 6.81. The first-order chi connectivity index (χ1) is 12.0. The minimum Gasteiger partial charge on any atom is -0.468 e. The van der Waals surface area contributed by atoms with Crippen LogP contribution in [-0.2, 0) is 28.7 Å². The summed E-state index contributed by atoms with van der Waals surface area (Å²) in [5.41, 5.74) is -0.613. The Bertz CT molecular complexity index is 601. The maximum atomic E-state index is 12.5. The third-order valence-electron chi connectivity index (χ3n) is 3.57. The molecule has 0 aromatic rings. The molecule has 0 bridgehead atoms. The van der Waals surface area contributed by atoms with Crippen molar-refractivity contribution in [1.29, 1.82) is 0 Å². The minimum atomic E-state index is -0.936. The van der Waals surface area contributed by atoms with Crippen molar-refractivity contribution in [2.75, 3.05) is 19.4 Å². The Balaban J connectivity index is 2.71. The Hall–Kier alpha value is -2.10. The van der Waals surface area contributed by atoms with E-state index in [1.165, 1.54) is 18.9 Å². The van der Waals surface area contributed by atoms with Gasteiger partial charge in [0.05, 0.1) is 12.4 Å². The summed E-state index contributed by atoms with van der Waals surface area (Å²) in [6, 6.07) is -0.936. The van der Waals surface area contributed by atoms with E-state index in [4.69, 9.17) is 0 Å². The number of rotatable bonds is 7. The number of amides is 4. The largest absolute Gasteiger partial charge is 0.468 e. The predicted molar refractivity (Wildman–Crippen MR) is 95.1 cm³/mol. The van der Waals surface area contributed by atoms with Crippen molar-refractivity contribution in [1.82, 2.24) is 15.5 Å². The van der Waals surface area contributed by atoms with Gasteiger partial charge in [0.15, 0.2) is 0 Å². The summed E-state index contributed by atoms with van der Waals surface area (Å²) in [4.78, 5) is 60.4. The van der Waals surface area contributed by atoms with E-state index in [0.29, 0.717) is 0 Å². The Kier molecular flexibility index (Phi) is 7.61. The number of imide groups is 1. The molecular weight excluding hydrogens is 362 g/mol. The molecule has 10 heteroatoms. The first-order valence-corrected chi connectivity index (χ1v) is 9.12. The summed E-state index contributed by atoms with van der Waals surface area (Å²) < 4.78 is 4.44. The topological polar surface area (TPSA) is 122 Å². The van der Waals surface area contributed by atoms with Crippen molar-refractivity contribution in [3.8, 4) is 0 Å². The summed E-state index contributed by atoms with van der Waals surface area (Å²) in [6.07, 6.45) is 0.0529. The van der Waals surface area contributed by atoms with Gasteiger partial charge in [0.1, 0.15) is 12.6 Å². The number of nitrogens with one attached hydrogen (secondary N) is 2. The average Bonchev–Trinajstić information content (AvgIpc) is 2.82. The molecule has 26 heavy (non-hydrogen) atoms. The van der Waals surface area contributed by atoms with Gasteiger partial charge >= 0.3 is 5.97 Å². The molecule has 1 heterocycles. The molecule has 146 valence electrons. The molecule has 0 saturated carbocycles. The van der Waals surface area contributed by atoms with Gasteiger partial charge in [0.25, 0.3) is 0 Å². The van der Waals surface area contributed by atoms with Crippen molar-refractivity contribution in [3.63, 3.8) is 0 Å². The maximum Gasteiger partial charge on any atom is 0.325 e. The Labute approximate surface area is 156 Å². The van der Waals surface area contributed by atoms with Crippen molar-refractivity contribution in [3.05, 3.63) is 0 Å². The number of ether oxygens (including phenoxy) is 1. The molecule has 1 aliphatic heterocycles. The summed E-state index contributed by atoms with van der Waals surface area (Å²) in [6.45, 7) is 6.26. The summed E-state index contributed by atoms with van der Waals surface area (Å²) in [5, 5.41) is 4.24. The molecule has 9 nitrogen and oxygen atoms in total. The fraction of sp³-hybridized carbons (Fsp3) is 0.688. The summed E-state index contributed by atoms with van der Waals surface area (Å²) in [7, 11) is 1.19. The highest BCUT2D eigenvalue weighted by molar-refractivity contribution is 8.00. The van der Waals surface area contributed by atoms with E-state index in [0.717, 1.165) is 11.8 Å². The molecule has 0 radical (unpaired) electrons. The van der Waals surface area contributed by atoms with Gasteiger partial charge in [0.2, 0.25) is 23.6 Å². The highest BCUT2D eigenvalue weighted by Crippen LogP contribution is 2.30. The molecule has 1 saturated heterocycles. The van der Waals surface area contributed by atoms with Crippen molar-refractivity contribution < 1.29 is 28.7 Å². The summed E-state index contributed by atoms with van der Waals surface area (Å²) in [5.74, 6) is -2.08. The number of esters is 1. The first kappa shape index (κ1) is 21.9. The van der Waals surface area contributed by atoms with Crippen LogP contribution in [0.5, 0.6) is 0 Å². The van der Waals surface area contributed by atoms with Crippen LogP contribution in [0.15, 0.2) is 0 Å². The molecule has 1 fully saturated rings. The van der Waals surface area contributed by atoms with E-state index in [1.54, 1.807) is 20.8 Å². The molecule has 2 atom stereocenters. The highest BCUT2D eigenvalue weighted by Gasteiger charge is 2.44. The fourth-order valence-electron chi connectivity index (χ4n) is 2.43. The van der Waals surface area contributed by atoms with Gasteiger partial charge in [-0.05, 0) is 20.8 Å². The second-order valence-corrected chi connectivity index (χ2v) is 8.05. The van der Waals surface area contributed by atoms with Crippen LogP contribution in [0.1, 0.15) is 34.1 Å². The zero-order chi connectivity index (χ0) is 20.1. The smallest absolute Gasteiger partial charge is 0.325 e. The number of nitrogens with zero attached hydrogens (tertiary/aromatic N) is 1. The monoisotopic (exact) mass is 387 g/mol. The predicted octanol–water partition coefficient (Wildman–Crippen LogP) is -0.560. The molecule has 0 aromatic heterocycles.